The predicted octanol–water partition coefficient (Wildman–Crippen LogP) is 5.19. The van der Waals surface area contributed by atoms with E-state index in [2.05, 4.69) is 22.2 Å². The first-order valence-electron chi connectivity index (χ1n) is 9.77. The summed E-state index contributed by atoms with van der Waals surface area (Å²) in [7, 11) is 1.80. The van der Waals surface area contributed by atoms with Gasteiger partial charge < -0.3 is 15.0 Å². The Kier molecular flexibility index (Phi) is 6.79. The van der Waals surface area contributed by atoms with Crippen LogP contribution in [-0.4, -0.2) is 34.4 Å². The van der Waals surface area contributed by atoms with Crippen LogP contribution in [0.4, 0.5) is 11.5 Å². The van der Waals surface area contributed by atoms with Gasteiger partial charge >= 0.3 is 0 Å². The van der Waals surface area contributed by atoms with E-state index in [4.69, 9.17) is 4.74 Å². The Morgan fingerprint density at radius 2 is 1.79 bits per heavy atom. The Labute approximate surface area is 171 Å². The quantitative estimate of drug-likeness (QED) is 0.573. The summed E-state index contributed by atoms with van der Waals surface area (Å²) in [4.78, 5) is 23.1. The fourth-order valence-corrected chi connectivity index (χ4v) is 2.85. The maximum Gasteiger partial charge on any atom is 0.272 e. The maximum absolute atomic E-state index is 12.7. The van der Waals surface area contributed by atoms with Gasteiger partial charge in [-0.15, -0.1) is 0 Å². The highest BCUT2D eigenvalue weighted by Crippen LogP contribution is 2.31. The van der Waals surface area contributed by atoms with Gasteiger partial charge in [-0.25, -0.2) is 9.97 Å². The number of para-hydroxylation sites is 3. The van der Waals surface area contributed by atoms with Gasteiger partial charge in [-0.2, -0.15) is 0 Å². The van der Waals surface area contributed by atoms with Gasteiger partial charge in [0.2, 0.25) is 0 Å². The summed E-state index contributed by atoms with van der Waals surface area (Å²) in [5.74, 6) is 2.38. The number of aryl methyl sites for hydroxylation is 1. The summed E-state index contributed by atoms with van der Waals surface area (Å²) in [5.41, 5.74) is 1.13. The molecule has 0 saturated carbocycles. The smallest absolute Gasteiger partial charge is 0.272 e. The second-order valence-electron chi connectivity index (χ2n) is 6.80. The number of nitrogens with one attached hydrogen (secondary N) is 1. The van der Waals surface area contributed by atoms with Crippen molar-refractivity contribution in [2.24, 2.45) is 0 Å². The number of rotatable bonds is 8. The molecule has 1 N–H and O–H groups in total. The summed E-state index contributed by atoms with van der Waals surface area (Å²) in [6.45, 7) is 4.58. The van der Waals surface area contributed by atoms with E-state index in [0.29, 0.717) is 29.6 Å². The second kappa shape index (κ2) is 9.68. The molecule has 0 saturated heterocycles. The number of carbonyl (C=O) groups excluding carboxylic acids is 1. The zero-order chi connectivity index (χ0) is 20.6. The predicted molar refractivity (Wildman–Crippen MR) is 115 cm³/mol. The third-order valence-electron chi connectivity index (χ3n) is 4.37. The van der Waals surface area contributed by atoms with E-state index in [0.717, 1.165) is 24.3 Å². The van der Waals surface area contributed by atoms with Crippen molar-refractivity contribution in [3.8, 4) is 11.5 Å². The third kappa shape index (κ3) is 5.54. The van der Waals surface area contributed by atoms with Gasteiger partial charge in [0.25, 0.3) is 5.91 Å². The number of anilines is 2. The molecule has 0 aliphatic carbocycles. The van der Waals surface area contributed by atoms with Crippen LogP contribution >= 0.6 is 0 Å². The van der Waals surface area contributed by atoms with Crippen molar-refractivity contribution in [3.63, 3.8) is 0 Å². The average molecular weight is 390 g/mol. The van der Waals surface area contributed by atoms with E-state index in [1.165, 1.54) is 0 Å². The maximum atomic E-state index is 12.7. The number of hydrogen-bond acceptors (Lipinski definition) is 5. The molecule has 0 aliphatic rings. The Morgan fingerprint density at radius 3 is 2.55 bits per heavy atom. The zero-order valence-electron chi connectivity index (χ0n) is 17.1. The minimum atomic E-state index is -0.110. The number of unbranched alkanes of at least 4 members (excludes halogenated alkanes) is 1. The lowest BCUT2D eigenvalue weighted by atomic mass is 10.2. The fraction of sp³-hybridized carbons (Fsp3) is 0.261. The summed E-state index contributed by atoms with van der Waals surface area (Å²) in [6.07, 6.45) is 1.99. The molecular weight excluding hydrogens is 364 g/mol. The number of amides is 1. The molecule has 1 amide bonds. The highest BCUT2D eigenvalue weighted by atomic mass is 16.5. The molecule has 0 radical (unpaired) electrons. The van der Waals surface area contributed by atoms with Crippen molar-refractivity contribution in [2.45, 2.75) is 26.7 Å². The lowest BCUT2D eigenvalue weighted by Gasteiger charge is -2.17. The molecule has 0 aliphatic heterocycles. The lowest BCUT2D eigenvalue weighted by molar-refractivity contribution is 0.0787. The molecule has 3 rings (SSSR count). The van der Waals surface area contributed by atoms with Gasteiger partial charge in [0.1, 0.15) is 23.1 Å². The Balaban J connectivity index is 1.82. The molecule has 1 aromatic heterocycles. The van der Waals surface area contributed by atoms with Crippen molar-refractivity contribution in [3.05, 3.63) is 72.2 Å². The van der Waals surface area contributed by atoms with Crippen LogP contribution in [0, 0.1) is 6.92 Å². The summed E-state index contributed by atoms with van der Waals surface area (Å²) in [5, 5.41) is 3.26. The molecule has 0 fully saturated rings. The zero-order valence-corrected chi connectivity index (χ0v) is 17.1. The number of carbonyl (C=O) groups is 1. The van der Waals surface area contributed by atoms with Crippen LogP contribution in [0.3, 0.4) is 0 Å². The molecule has 0 spiro atoms. The van der Waals surface area contributed by atoms with Crippen molar-refractivity contribution in [1.29, 1.82) is 0 Å². The molecule has 1 heterocycles. The molecule has 3 aromatic rings. The Hall–Kier alpha value is -3.41. The first-order valence-corrected chi connectivity index (χ1v) is 9.77. The van der Waals surface area contributed by atoms with E-state index in [1.807, 2.05) is 54.6 Å². The van der Waals surface area contributed by atoms with E-state index in [-0.39, 0.29) is 5.91 Å². The fourth-order valence-electron chi connectivity index (χ4n) is 2.85. The monoisotopic (exact) mass is 390 g/mol. The molecule has 29 heavy (non-hydrogen) atoms. The number of nitrogens with zero attached hydrogens (tertiary/aromatic N) is 3. The van der Waals surface area contributed by atoms with Crippen LogP contribution < -0.4 is 10.1 Å². The number of ether oxygens (including phenoxy) is 1. The van der Waals surface area contributed by atoms with Crippen LogP contribution in [0.2, 0.25) is 0 Å². The van der Waals surface area contributed by atoms with Gasteiger partial charge in [-0.1, -0.05) is 43.7 Å². The second-order valence-corrected chi connectivity index (χ2v) is 6.80. The molecule has 6 heteroatoms. The van der Waals surface area contributed by atoms with Crippen LogP contribution in [0.5, 0.6) is 11.5 Å². The molecular formula is C23H26N4O2. The van der Waals surface area contributed by atoms with E-state index >= 15 is 0 Å². The Bertz CT molecular complexity index is 960. The minimum absolute atomic E-state index is 0.110. The molecule has 6 nitrogen and oxygen atoms in total. The standard InChI is InChI=1S/C23H26N4O2/c1-4-5-15-27(3)23(28)20-16-22(25-17(2)24-20)26-19-13-9-10-14-21(19)29-18-11-7-6-8-12-18/h6-14,16H,4-5,15H2,1-3H3,(H,24,25,26). The minimum Gasteiger partial charge on any atom is -0.455 e. The van der Waals surface area contributed by atoms with E-state index in [1.54, 1.807) is 24.9 Å². The molecule has 150 valence electrons. The summed E-state index contributed by atoms with van der Waals surface area (Å²) < 4.78 is 5.99. The van der Waals surface area contributed by atoms with E-state index in [9.17, 15) is 4.79 Å². The number of benzene rings is 2. The van der Waals surface area contributed by atoms with Crippen molar-refractivity contribution in [2.75, 3.05) is 18.9 Å². The van der Waals surface area contributed by atoms with Gasteiger partial charge in [0.05, 0.1) is 5.69 Å². The third-order valence-corrected chi connectivity index (χ3v) is 4.37. The van der Waals surface area contributed by atoms with Gasteiger partial charge in [-0.3, -0.25) is 4.79 Å². The SMILES string of the molecule is CCCCN(C)C(=O)c1cc(Nc2ccccc2Oc2ccccc2)nc(C)n1. The number of hydrogen-bond donors (Lipinski definition) is 1. The molecule has 0 bridgehead atoms. The topological polar surface area (TPSA) is 67.4 Å². The van der Waals surface area contributed by atoms with Crippen molar-refractivity contribution < 1.29 is 9.53 Å². The summed E-state index contributed by atoms with van der Waals surface area (Å²) in [6, 6.07) is 18.9. The van der Waals surface area contributed by atoms with E-state index < -0.39 is 0 Å². The van der Waals surface area contributed by atoms with Crippen LogP contribution in [0.1, 0.15) is 36.1 Å². The van der Waals surface area contributed by atoms with Gasteiger partial charge in [0.15, 0.2) is 5.75 Å². The van der Waals surface area contributed by atoms with Crippen molar-refractivity contribution >= 4 is 17.4 Å². The average Bonchev–Trinajstić information content (AvgIpc) is 2.73. The van der Waals surface area contributed by atoms with Crippen LogP contribution in [0.25, 0.3) is 0 Å². The normalized spacial score (nSPS) is 10.4. The highest BCUT2D eigenvalue weighted by molar-refractivity contribution is 5.93. The largest absolute Gasteiger partial charge is 0.455 e. The van der Waals surface area contributed by atoms with Gasteiger partial charge in [-0.05, 0) is 37.6 Å². The van der Waals surface area contributed by atoms with Crippen LogP contribution in [-0.2, 0) is 0 Å². The molecule has 0 atom stereocenters. The van der Waals surface area contributed by atoms with Crippen LogP contribution in [0.15, 0.2) is 60.7 Å². The first-order chi connectivity index (χ1) is 14.1. The molecule has 2 aromatic carbocycles. The van der Waals surface area contributed by atoms with Crippen molar-refractivity contribution in [1.82, 2.24) is 14.9 Å². The lowest BCUT2D eigenvalue weighted by Crippen LogP contribution is -2.28. The van der Waals surface area contributed by atoms with Gasteiger partial charge in [0, 0.05) is 19.7 Å². The summed E-state index contributed by atoms with van der Waals surface area (Å²) >= 11 is 0. The number of aromatic nitrogens is 2. The molecule has 0 unspecified atom stereocenters. The highest BCUT2D eigenvalue weighted by Gasteiger charge is 2.15. The first kappa shape index (κ1) is 20.3. The Morgan fingerprint density at radius 1 is 1.07 bits per heavy atom.